The van der Waals surface area contributed by atoms with Gasteiger partial charge in [-0.25, -0.2) is 14.0 Å². The van der Waals surface area contributed by atoms with E-state index in [-0.39, 0.29) is 24.6 Å². The molecule has 1 saturated carbocycles. The molecule has 1 aliphatic carbocycles. The number of alkyl halides is 1. The van der Waals surface area contributed by atoms with Gasteiger partial charge < -0.3 is 9.47 Å². The van der Waals surface area contributed by atoms with E-state index in [4.69, 9.17) is 9.47 Å². The predicted molar refractivity (Wildman–Crippen MR) is 155 cm³/mol. The van der Waals surface area contributed by atoms with Gasteiger partial charge in [-0.05, 0) is 99.5 Å². The topological polar surface area (TPSA) is 52.6 Å². The minimum atomic E-state index is -1.48. The van der Waals surface area contributed by atoms with Crippen LogP contribution in [0, 0.1) is 5.92 Å². The summed E-state index contributed by atoms with van der Waals surface area (Å²) in [6, 6.07) is 16.3. The average molecular weight is 539 g/mol. The minimum absolute atomic E-state index is 0.0613. The highest BCUT2D eigenvalue weighted by Crippen LogP contribution is 2.30. The van der Waals surface area contributed by atoms with E-state index in [0.717, 1.165) is 62.5 Å². The standard InChI is InChI=1S/C34H47FO4/c1-4-6-7-8-10-25(3)38-33(36)30-21-19-29(20-22-30)28-17-13-26(14-18-28)11-12-27-15-23-31(24-16-27)39-34(37)32(35)9-5-2/h13-14,17-22,25,27,31-32H,4-12,15-16,23-24H2,1-3H3/t25-,27?,31?,32+/m1/s1. The maximum absolute atomic E-state index is 13.7. The zero-order chi connectivity index (χ0) is 28.0. The van der Waals surface area contributed by atoms with Gasteiger partial charge in [0.15, 0.2) is 6.17 Å². The van der Waals surface area contributed by atoms with Gasteiger partial charge in [-0.1, -0.05) is 75.9 Å². The number of benzene rings is 2. The molecule has 1 aliphatic rings. The van der Waals surface area contributed by atoms with Crippen molar-refractivity contribution in [1.82, 2.24) is 0 Å². The molecule has 1 fully saturated rings. The lowest BCUT2D eigenvalue weighted by molar-refractivity contribution is -0.157. The first-order valence-corrected chi connectivity index (χ1v) is 15.1. The second-order valence-corrected chi connectivity index (χ2v) is 11.2. The van der Waals surface area contributed by atoms with Crippen molar-refractivity contribution in [2.24, 2.45) is 5.92 Å². The summed E-state index contributed by atoms with van der Waals surface area (Å²) >= 11 is 0. The van der Waals surface area contributed by atoms with Crippen molar-refractivity contribution in [2.45, 2.75) is 123 Å². The number of unbranched alkanes of at least 4 members (excludes halogenated alkanes) is 3. The molecule has 0 amide bonds. The lowest BCUT2D eigenvalue weighted by atomic mass is 9.83. The van der Waals surface area contributed by atoms with E-state index in [1.165, 1.54) is 24.8 Å². The first-order valence-electron chi connectivity index (χ1n) is 15.1. The molecule has 0 bridgehead atoms. The Labute approximate surface area is 234 Å². The lowest BCUT2D eigenvalue weighted by Crippen LogP contribution is -2.29. The summed E-state index contributed by atoms with van der Waals surface area (Å²) in [5, 5.41) is 0. The molecule has 0 aromatic heterocycles. The second-order valence-electron chi connectivity index (χ2n) is 11.2. The number of esters is 2. The summed E-state index contributed by atoms with van der Waals surface area (Å²) < 4.78 is 24.7. The third-order valence-electron chi connectivity index (χ3n) is 7.90. The molecule has 3 rings (SSSR count). The largest absolute Gasteiger partial charge is 0.460 e. The number of carbonyl (C=O) groups excluding carboxylic acids is 2. The van der Waals surface area contributed by atoms with Crippen LogP contribution in [0.15, 0.2) is 48.5 Å². The second kappa shape index (κ2) is 16.4. The predicted octanol–water partition coefficient (Wildman–Crippen LogP) is 9.04. The van der Waals surface area contributed by atoms with Crippen LogP contribution in [0.25, 0.3) is 11.1 Å². The smallest absolute Gasteiger partial charge is 0.340 e. The van der Waals surface area contributed by atoms with Crippen LogP contribution in [0.1, 0.15) is 114 Å². The number of ether oxygens (including phenoxy) is 2. The lowest BCUT2D eigenvalue weighted by Gasteiger charge is -2.28. The van der Waals surface area contributed by atoms with Gasteiger partial charge in [0.1, 0.15) is 6.10 Å². The van der Waals surface area contributed by atoms with Crippen molar-refractivity contribution in [1.29, 1.82) is 0 Å². The van der Waals surface area contributed by atoms with E-state index >= 15 is 0 Å². The van der Waals surface area contributed by atoms with Gasteiger partial charge in [0.05, 0.1) is 11.7 Å². The highest BCUT2D eigenvalue weighted by Gasteiger charge is 2.27. The first kappa shape index (κ1) is 30.8. The molecule has 0 radical (unpaired) electrons. The Hall–Kier alpha value is -2.69. The Morgan fingerprint density at radius 1 is 0.846 bits per heavy atom. The van der Waals surface area contributed by atoms with Crippen LogP contribution in [-0.4, -0.2) is 30.3 Å². The Morgan fingerprint density at radius 2 is 1.49 bits per heavy atom. The third kappa shape index (κ3) is 10.4. The van der Waals surface area contributed by atoms with E-state index in [0.29, 0.717) is 17.9 Å². The van der Waals surface area contributed by atoms with Gasteiger partial charge in [-0.15, -0.1) is 0 Å². The molecule has 2 atom stereocenters. The number of hydrogen-bond donors (Lipinski definition) is 0. The van der Waals surface area contributed by atoms with Crippen molar-refractivity contribution in [2.75, 3.05) is 0 Å². The summed E-state index contributed by atoms with van der Waals surface area (Å²) in [5.74, 6) is -0.323. The molecule has 0 saturated heterocycles. The molecule has 0 spiro atoms. The normalized spacial score (nSPS) is 18.8. The van der Waals surface area contributed by atoms with Crippen LogP contribution >= 0.6 is 0 Å². The van der Waals surface area contributed by atoms with Gasteiger partial charge in [0.2, 0.25) is 0 Å². The molecule has 0 aliphatic heterocycles. The van der Waals surface area contributed by atoms with E-state index in [1.54, 1.807) is 0 Å². The fourth-order valence-corrected chi connectivity index (χ4v) is 5.35. The van der Waals surface area contributed by atoms with Gasteiger partial charge in [0, 0.05) is 0 Å². The summed E-state index contributed by atoms with van der Waals surface area (Å²) in [6.45, 7) is 6.03. The Balaban J connectivity index is 1.40. The molecule has 39 heavy (non-hydrogen) atoms. The number of aryl methyl sites for hydroxylation is 1. The first-order chi connectivity index (χ1) is 18.9. The van der Waals surface area contributed by atoms with Crippen molar-refractivity contribution < 1.29 is 23.5 Å². The highest BCUT2D eigenvalue weighted by molar-refractivity contribution is 5.90. The van der Waals surface area contributed by atoms with Gasteiger partial charge in [0.25, 0.3) is 0 Å². The average Bonchev–Trinajstić information content (AvgIpc) is 2.95. The molecule has 0 N–H and O–H groups in total. The van der Waals surface area contributed by atoms with E-state index in [2.05, 4.69) is 31.2 Å². The van der Waals surface area contributed by atoms with Gasteiger partial charge in [-0.3, -0.25) is 0 Å². The summed E-state index contributed by atoms with van der Waals surface area (Å²) in [5.41, 5.74) is 4.10. The monoisotopic (exact) mass is 538 g/mol. The molecule has 0 unspecified atom stereocenters. The zero-order valence-electron chi connectivity index (χ0n) is 24.1. The number of rotatable bonds is 15. The van der Waals surface area contributed by atoms with Crippen molar-refractivity contribution in [3.63, 3.8) is 0 Å². The molecule has 2 aromatic rings. The van der Waals surface area contributed by atoms with Crippen molar-refractivity contribution in [3.8, 4) is 11.1 Å². The van der Waals surface area contributed by atoms with Gasteiger partial charge >= 0.3 is 11.9 Å². The Kier molecular flexibility index (Phi) is 13.0. The molecular formula is C34H47FO4. The van der Waals surface area contributed by atoms with Crippen LogP contribution in [0.5, 0.6) is 0 Å². The van der Waals surface area contributed by atoms with Gasteiger partial charge in [-0.2, -0.15) is 0 Å². The number of carbonyl (C=O) groups is 2. The SMILES string of the molecule is CCCCCC[C@@H](C)OC(=O)c1ccc(-c2ccc(CCC3CCC(OC(=O)[C@@H](F)CCC)CC3)cc2)cc1. The van der Waals surface area contributed by atoms with Crippen molar-refractivity contribution in [3.05, 3.63) is 59.7 Å². The maximum atomic E-state index is 13.7. The van der Waals surface area contributed by atoms with E-state index in [9.17, 15) is 14.0 Å². The fourth-order valence-electron chi connectivity index (χ4n) is 5.35. The molecule has 5 heteroatoms. The minimum Gasteiger partial charge on any atom is -0.460 e. The maximum Gasteiger partial charge on any atom is 0.340 e. The highest BCUT2D eigenvalue weighted by atomic mass is 19.1. The van der Waals surface area contributed by atoms with E-state index < -0.39 is 12.1 Å². The number of hydrogen-bond acceptors (Lipinski definition) is 4. The van der Waals surface area contributed by atoms with Crippen LogP contribution in [-0.2, 0) is 20.7 Å². The van der Waals surface area contributed by atoms with Crippen LogP contribution in [0.4, 0.5) is 4.39 Å². The summed E-state index contributed by atoms with van der Waals surface area (Å²) in [4.78, 5) is 24.3. The number of halogens is 1. The van der Waals surface area contributed by atoms with Crippen LogP contribution < -0.4 is 0 Å². The fraction of sp³-hybridized carbons (Fsp3) is 0.588. The molecule has 0 heterocycles. The Bertz CT molecular complexity index is 993. The zero-order valence-corrected chi connectivity index (χ0v) is 24.1. The quantitative estimate of drug-likeness (QED) is 0.168. The van der Waals surface area contributed by atoms with Crippen LogP contribution in [0.3, 0.4) is 0 Å². The third-order valence-corrected chi connectivity index (χ3v) is 7.90. The van der Waals surface area contributed by atoms with Crippen LogP contribution in [0.2, 0.25) is 0 Å². The molecular weight excluding hydrogens is 491 g/mol. The summed E-state index contributed by atoms with van der Waals surface area (Å²) in [6.07, 6.45) is 10.7. The van der Waals surface area contributed by atoms with E-state index in [1.807, 2.05) is 38.1 Å². The van der Waals surface area contributed by atoms with Crippen molar-refractivity contribution >= 4 is 11.9 Å². The molecule has 4 nitrogen and oxygen atoms in total. The molecule has 214 valence electrons. The Morgan fingerprint density at radius 3 is 2.10 bits per heavy atom. The summed E-state index contributed by atoms with van der Waals surface area (Å²) in [7, 11) is 0. The molecule has 2 aromatic carbocycles.